The van der Waals surface area contributed by atoms with Crippen LogP contribution in [0.3, 0.4) is 0 Å². The highest BCUT2D eigenvalue weighted by molar-refractivity contribution is 5.54. The van der Waals surface area contributed by atoms with Crippen LogP contribution >= 0.6 is 0 Å². The van der Waals surface area contributed by atoms with Crippen molar-refractivity contribution >= 4 is 5.69 Å². The Morgan fingerprint density at radius 1 is 0.944 bits per heavy atom. The Morgan fingerprint density at radius 2 is 1.50 bits per heavy atom. The van der Waals surface area contributed by atoms with Crippen molar-refractivity contribution in [2.45, 2.75) is 60.4 Å². The summed E-state index contributed by atoms with van der Waals surface area (Å²) in [7, 11) is 0. The van der Waals surface area contributed by atoms with Gasteiger partial charge in [-0.3, -0.25) is 0 Å². The molecule has 1 rings (SSSR count). The third kappa shape index (κ3) is 4.72. The zero-order chi connectivity index (χ0) is 13.7. The number of anilines is 1. The monoisotopic (exact) mass is 247 g/mol. The molecule has 0 aliphatic rings. The molecule has 0 spiro atoms. The predicted molar refractivity (Wildman–Crippen MR) is 82.2 cm³/mol. The quantitative estimate of drug-likeness (QED) is 0.730. The standard InChI is InChI=1S/C17H29N/c1-12(2)10-16(11-13(3)4)18-17-9-7-8-14(5)15(17)6/h7-9,12-13,16,18H,10-11H2,1-6H3. The van der Waals surface area contributed by atoms with Crippen molar-refractivity contribution in [3.63, 3.8) is 0 Å². The topological polar surface area (TPSA) is 12.0 Å². The molecule has 0 aromatic heterocycles. The number of hydrogen-bond acceptors (Lipinski definition) is 1. The second kappa shape index (κ2) is 6.82. The highest BCUT2D eigenvalue weighted by atomic mass is 14.9. The number of nitrogens with one attached hydrogen (secondary N) is 1. The molecule has 1 nitrogen and oxygen atoms in total. The minimum Gasteiger partial charge on any atom is -0.382 e. The molecule has 0 saturated carbocycles. The van der Waals surface area contributed by atoms with Crippen molar-refractivity contribution < 1.29 is 0 Å². The molecule has 0 atom stereocenters. The second-order valence-corrected chi connectivity index (χ2v) is 6.35. The summed E-state index contributed by atoms with van der Waals surface area (Å²) in [5.74, 6) is 1.48. The van der Waals surface area contributed by atoms with Gasteiger partial charge in [0.2, 0.25) is 0 Å². The Hall–Kier alpha value is -0.980. The van der Waals surface area contributed by atoms with E-state index in [0.29, 0.717) is 6.04 Å². The van der Waals surface area contributed by atoms with Gasteiger partial charge in [0, 0.05) is 11.7 Å². The molecule has 1 aromatic rings. The summed E-state index contributed by atoms with van der Waals surface area (Å²) < 4.78 is 0. The summed E-state index contributed by atoms with van der Waals surface area (Å²) in [5.41, 5.74) is 4.06. The lowest BCUT2D eigenvalue weighted by Gasteiger charge is -2.25. The molecule has 0 saturated heterocycles. The number of benzene rings is 1. The van der Waals surface area contributed by atoms with Crippen molar-refractivity contribution in [3.8, 4) is 0 Å². The van der Waals surface area contributed by atoms with Gasteiger partial charge in [0.1, 0.15) is 0 Å². The zero-order valence-electron chi connectivity index (χ0n) is 12.9. The van der Waals surface area contributed by atoms with Crippen LogP contribution in [0.5, 0.6) is 0 Å². The minimum atomic E-state index is 0.588. The molecule has 0 bridgehead atoms. The fourth-order valence-corrected chi connectivity index (χ4v) is 2.48. The van der Waals surface area contributed by atoms with Gasteiger partial charge in [-0.15, -0.1) is 0 Å². The summed E-state index contributed by atoms with van der Waals surface area (Å²) in [6.07, 6.45) is 2.48. The molecule has 18 heavy (non-hydrogen) atoms. The SMILES string of the molecule is Cc1cccc(NC(CC(C)C)CC(C)C)c1C. The fraction of sp³-hybridized carbons (Fsp3) is 0.647. The predicted octanol–water partition coefficient (Wildman–Crippen LogP) is 5.18. The molecule has 0 fully saturated rings. The van der Waals surface area contributed by atoms with Crippen LogP contribution in [-0.2, 0) is 0 Å². The lowest BCUT2D eigenvalue weighted by Crippen LogP contribution is -2.24. The summed E-state index contributed by atoms with van der Waals surface area (Å²) in [6.45, 7) is 13.6. The van der Waals surface area contributed by atoms with Crippen LogP contribution in [0.1, 0.15) is 51.7 Å². The van der Waals surface area contributed by atoms with Gasteiger partial charge >= 0.3 is 0 Å². The molecule has 0 amide bonds. The van der Waals surface area contributed by atoms with Gasteiger partial charge in [0.15, 0.2) is 0 Å². The summed E-state index contributed by atoms with van der Waals surface area (Å²) in [4.78, 5) is 0. The van der Waals surface area contributed by atoms with E-state index in [4.69, 9.17) is 0 Å². The molecule has 0 aliphatic heterocycles. The van der Waals surface area contributed by atoms with Crippen LogP contribution in [0, 0.1) is 25.7 Å². The van der Waals surface area contributed by atoms with Gasteiger partial charge < -0.3 is 5.32 Å². The lowest BCUT2D eigenvalue weighted by atomic mass is 9.95. The highest BCUT2D eigenvalue weighted by Gasteiger charge is 2.13. The molecular formula is C17H29N. The maximum Gasteiger partial charge on any atom is 0.0374 e. The number of hydrogen-bond donors (Lipinski definition) is 1. The highest BCUT2D eigenvalue weighted by Crippen LogP contribution is 2.23. The molecule has 1 heteroatoms. The van der Waals surface area contributed by atoms with E-state index in [1.165, 1.54) is 29.7 Å². The first kappa shape index (κ1) is 15.1. The molecule has 102 valence electrons. The molecule has 1 N–H and O–H groups in total. The van der Waals surface area contributed by atoms with Crippen molar-refractivity contribution in [1.82, 2.24) is 0 Å². The lowest BCUT2D eigenvalue weighted by molar-refractivity contribution is 0.442. The Kier molecular flexibility index (Phi) is 5.71. The third-order valence-electron chi connectivity index (χ3n) is 3.48. The molecule has 0 radical (unpaired) electrons. The van der Waals surface area contributed by atoms with Crippen molar-refractivity contribution in [3.05, 3.63) is 29.3 Å². The maximum absolute atomic E-state index is 3.75. The molecule has 0 heterocycles. The van der Waals surface area contributed by atoms with E-state index in [9.17, 15) is 0 Å². The zero-order valence-corrected chi connectivity index (χ0v) is 12.9. The first-order valence-electron chi connectivity index (χ1n) is 7.23. The van der Waals surface area contributed by atoms with Crippen molar-refractivity contribution in [2.24, 2.45) is 11.8 Å². The Labute approximate surface area is 113 Å². The van der Waals surface area contributed by atoms with Gasteiger partial charge in [-0.25, -0.2) is 0 Å². The van der Waals surface area contributed by atoms with Crippen molar-refractivity contribution in [1.29, 1.82) is 0 Å². The summed E-state index contributed by atoms with van der Waals surface area (Å²) in [5, 5.41) is 3.75. The van der Waals surface area contributed by atoms with E-state index in [1.54, 1.807) is 0 Å². The van der Waals surface area contributed by atoms with Gasteiger partial charge in [-0.1, -0.05) is 39.8 Å². The van der Waals surface area contributed by atoms with Crippen LogP contribution in [0.4, 0.5) is 5.69 Å². The summed E-state index contributed by atoms with van der Waals surface area (Å²) in [6, 6.07) is 7.12. The molecular weight excluding hydrogens is 218 g/mol. The van der Waals surface area contributed by atoms with Gasteiger partial charge in [0.05, 0.1) is 0 Å². The first-order chi connectivity index (χ1) is 8.40. The van der Waals surface area contributed by atoms with Crippen LogP contribution in [-0.4, -0.2) is 6.04 Å². The Bertz CT molecular complexity index is 356. The second-order valence-electron chi connectivity index (χ2n) is 6.35. The van der Waals surface area contributed by atoms with Crippen LogP contribution in [0.2, 0.25) is 0 Å². The number of rotatable bonds is 6. The van der Waals surface area contributed by atoms with E-state index in [1.807, 2.05) is 0 Å². The van der Waals surface area contributed by atoms with E-state index in [2.05, 4.69) is 65.1 Å². The van der Waals surface area contributed by atoms with E-state index in [-0.39, 0.29) is 0 Å². The van der Waals surface area contributed by atoms with Crippen molar-refractivity contribution in [2.75, 3.05) is 5.32 Å². The van der Waals surface area contributed by atoms with Crippen LogP contribution in [0.25, 0.3) is 0 Å². The maximum atomic E-state index is 3.75. The average molecular weight is 247 g/mol. The van der Waals surface area contributed by atoms with Crippen LogP contribution < -0.4 is 5.32 Å². The summed E-state index contributed by atoms with van der Waals surface area (Å²) >= 11 is 0. The molecule has 1 aromatic carbocycles. The minimum absolute atomic E-state index is 0.588. The van der Waals surface area contributed by atoms with Gasteiger partial charge in [-0.05, 0) is 55.7 Å². The normalized spacial score (nSPS) is 11.6. The van der Waals surface area contributed by atoms with E-state index in [0.717, 1.165) is 11.8 Å². The average Bonchev–Trinajstić information content (AvgIpc) is 2.23. The fourth-order valence-electron chi connectivity index (χ4n) is 2.48. The largest absolute Gasteiger partial charge is 0.382 e. The molecule has 0 unspecified atom stereocenters. The van der Waals surface area contributed by atoms with E-state index >= 15 is 0 Å². The smallest absolute Gasteiger partial charge is 0.0374 e. The third-order valence-corrected chi connectivity index (χ3v) is 3.48. The van der Waals surface area contributed by atoms with Gasteiger partial charge in [-0.2, -0.15) is 0 Å². The van der Waals surface area contributed by atoms with Crippen LogP contribution in [0.15, 0.2) is 18.2 Å². The Morgan fingerprint density at radius 3 is 2.00 bits per heavy atom. The number of aryl methyl sites for hydroxylation is 1. The van der Waals surface area contributed by atoms with E-state index < -0.39 is 0 Å². The Balaban J connectivity index is 2.78. The molecule has 0 aliphatic carbocycles. The van der Waals surface area contributed by atoms with Gasteiger partial charge in [0.25, 0.3) is 0 Å². The first-order valence-corrected chi connectivity index (χ1v) is 7.23.